The number of likely N-dealkylation sites (N-methyl/N-ethyl adjacent to an activating group) is 1. The summed E-state index contributed by atoms with van der Waals surface area (Å²) >= 11 is 1.86. The maximum absolute atomic E-state index is 3.82. The van der Waals surface area contributed by atoms with Crippen LogP contribution < -0.4 is 5.32 Å². The van der Waals surface area contributed by atoms with Crippen molar-refractivity contribution in [3.8, 4) is 0 Å². The SMILES string of the molecule is C=CC(CSc1ccccc1)NCC. The molecule has 0 saturated carbocycles. The van der Waals surface area contributed by atoms with Crippen LogP contribution >= 0.6 is 11.8 Å². The Kier molecular flexibility index (Phi) is 5.42. The van der Waals surface area contributed by atoms with Crippen LogP contribution in [0.1, 0.15) is 6.92 Å². The van der Waals surface area contributed by atoms with E-state index >= 15 is 0 Å². The molecule has 0 spiro atoms. The Morgan fingerprint density at radius 2 is 2.14 bits per heavy atom. The molecule has 1 rings (SSSR count). The predicted octanol–water partition coefficient (Wildman–Crippen LogP) is 2.94. The molecule has 1 aromatic carbocycles. The van der Waals surface area contributed by atoms with Gasteiger partial charge in [0, 0.05) is 16.7 Å². The van der Waals surface area contributed by atoms with E-state index in [9.17, 15) is 0 Å². The highest BCUT2D eigenvalue weighted by atomic mass is 32.2. The fraction of sp³-hybridized carbons (Fsp3) is 0.333. The van der Waals surface area contributed by atoms with Crippen molar-refractivity contribution >= 4 is 11.8 Å². The molecule has 1 unspecified atom stereocenters. The highest BCUT2D eigenvalue weighted by Crippen LogP contribution is 2.17. The normalized spacial score (nSPS) is 12.4. The third-order valence-corrected chi connectivity index (χ3v) is 3.05. The van der Waals surface area contributed by atoms with E-state index in [4.69, 9.17) is 0 Å². The summed E-state index contributed by atoms with van der Waals surface area (Å²) in [5.74, 6) is 1.04. The van der Waals surface area contributed by atoms with Crippen molar-refractivity contribution in [2.45, 2.75) is 17.9 Å². The molecule has 2 heteroatoms. The van der Waals surface area contributed by atoms with Crippen LogP contribution in [0, 0.1) is 0 Å². The van der Waals surface area contributed by atoms with Gasteiger partial charge < -0.3 is 5.32 Å². The largest absolute Gasteiger partial charge is 0.310 e. The molecule has 1 aromatic rings. The minimum Gasteiger partial charge on any atom is -0.310 e. The van der Waals surface area contributed by atoms with E-state index in [1.807, 2.05) is 23.9 Å². The van der Waals surface area contributed by atoms with Crippen molar-refractivity contribution in [2.24, 2.45) is 0 Å². The molecule has 0 heterocycles. The van der Waals surface area contributed by atoms with Crippen LogP contribution in [-0.4, -0.2) is 18.3 Å². The first-order valence-corrected chi connectivity index (χ1v) is 5.89. The molecule has 1 N–H and O–H groups in total. The molecule has 1 atom stereocenters. The lowest BCUT2D eigenvalue weighted by Gasteiger charge is -2.12. The van der Waals surface area contributed by atoms with Crippen molar-refractivity contribution in [3.63, 3.8) is 0 Å². The van der Waals surface area contributed by atoms with Gasteiger partial charge in [-0.25, -0.2) is 0 Å². The maximum Gasteiger partial charge on any atom is 0.0341 e. The molecule has 0 saturated heterocycles. The van der Waals surface area contributed by atoms with Gasteiger partial charge in [-0.05, 0) is 18.7 Å². The van der Waals surface area contributed by atoms with Crippen LogP contribution in [0.15, 0.2) is 47.9 Å². The minimum absolute atomic E-state index is 0.408. The molecule has 0 amide bonds. The zero-order valence-corrected chi connectivity index (χ0v) is 9.39. The first-order chi connectivity index (χ1) is 6.86. The molecule has 0 bridgehead atoms. The number of thioether (sulfide) groups is 1. The summed E-state index contributed by atoms with van der Waals surface area (Å²) in [7, 11) is 0. The fourth-order valence-electron chi connectivity index (χ4n) is 1.18. The Hall–Kier alpha value is -0.730. The smallest absolute Gasteiger partial charge is 0.0341 e. The molecule has 0 radical (unpaired) electrons. The summed E-state index contributed by atoms with van der Waals surface area (Å²) in [6.45, 7) is 6.92. The van der Waals surface area contributed by atoms with Gasteiger partial charge in [0.15, 0.2) is 0 Å². The number of hydrogen-bond donors (Lipinski definition) is 1. The second-order valence-electron chi connectivity index (χ2n) is 3.02. The van der Waals surface area contributed by atoms with Gasteiger partial charge in [-0.15, -0.1) is 18.3 Å². The van der Waals surface area contributed by atoms with Gasteiger partial charge in [0.1, 0.15) is 0 Å². The Bertz CT molecular complexity index is 258. The van der Waals surface area contributed by atoms with Crippen molar-refractivity contribution in [2.75, 3.05) is 12.3 Å². The summed E-state index contributed by atoms with van der Waals surface area (Å²) in [5.41, 5.74) is 0. The van der Waals surface area contributed by atoms with Crippen LogP contribution in [0.25, 0.3) is 0 Å². The van der Waals surface area contributed by atoms with Crippen molar-refractivity contribution in [1.29, 1.82) is 0 Å². The Morgan fingerprint density at radius 1 is 1.43 bits per heavy atom. The second-order valence-corrected chi connectivity index (χ2v) is 4.12. The van der Waals surface area contributed by atoms with E-state index in [1.165, 1.54) is 4.90 Å². The van der Waals surface area contributed by atoms with Gasteiger partial charge in [0.2, 0.25) is 0 Å². The Morgan fingerprint density at radius 3 is 2.71 bits per heavy atom. The standard InChI is InChI=1S/C12H17NS/c1-3-11(13-4-2)10-14-12-8-6-5-7-9-12/h3,5-9,11,13H,1,4,10H2,2H3. The van der Waals surface area contributed by atoms with Crippen LogP contribution in [-0.2, 0) is 0 Å². The summed E-state index contributed by atoms with van der Waals surface area (Å²) in [5, 5.41) is 3.36. The average Bonchev–Trinajstić information content (AvgIpc) is 2.25. The van der Waals surface area contributed by atoms with Crippen LogP contribution in [0.5, 0.6) is 0 Å². The monoisotopic (exact) mass is 207 g/mol. The van der Waals surface area contributed by atoms with E-state index < -0.39 is 0 Å². The van der Waals surface area contributed by atoms with Crippen LogP contribution in [0.4, 0.5) is 0 Å². The molecular weight excluding hydrogens is 190 g/mol. The number of hydrogen-bond acceptors (Lipinski definition) is 2. The minimum atomic E-state index is 0.408. The zero-order valence-electron chi connectivity index (χ0n) is 8.57. The summed E-state index contributed by atoms with van der Waals surface area (Å²) in [6, 6.07) is 10.9. The zero-order chi connectivity index (χ0) is 10.2. The quantitative estimate of drug-likeness (QED) is 0.568. The van der Waals surface area contributed by atoms with Gasteiger partial charge in [0.05, 0.1) is 0 Å². The third-order valence-electron chi connectivity index (χ3n) is 1.92. The maximum atomic E-state index is 3.82. The van der Waals surface area contributed by atoms with Gasteiger partial charge in [-0.2, -0.15) is 0 Å². The molecule has 14 heavy (non-hydrogen) atoms. The first kappa shape index (κ1) is 11.3. The molecule has 0 aliphatic heterocycles. The number of nitrogens with one attached hydrogen (secondary N) is 1. The highest BCUT2D eigenvalue weighted by Gasteiger charge is 2.01. The van der Waals surface area contributed by atoms with Gasteiger partial charge in [-0.3, -0.25) is 0 Å². The van der Waals surface area contributed by atoms with E-state index in [0.717, 1.165) is 12.3 Å². The van der Waals surface area contributed by atoms with Crippen molar-refractivity contribution in [3.05, 3.63) is 43.0 Å². The number of benzene rings is 1. The fourth-order valence-corrected chi connectivity index (χ4v) is 2.15. The molecule has 0 aliphatic carbocycles. The van der Waals surface area contributed by atoms with Crippen molar-refractivity contribution in [1.82, 2.24) is 5.32 Å². The molecule has 76 valence electrons. The van der Waals surface area contributed by atoms with Gasteiger partial charge in [-0.1, -0.05) is 31.2 Å². The number of rotatable bonds is 6. The molecular formula is C12H17NS. The van der Waals surface area contributed by atoms with Crippen molar-refractivity contribution < 1.29 is 0 Å². The molecule has 0 aromatic heterocycles. The first-order valence-electron chi connectivity index (χ1n) is 4.90. The van der Waals surface area contributed by atoms with E-state index in [-0.39, 0.29) is 0 Å². The predicted molar refractivity (Wildman–Crippen MR) is 64.8 cm³/mol. The Labute approximate surface area is 90.6 Å². The summed E-state index contributed by atoms with van der Waals surface area (Å²) < 4.78 is 0. The molecule has 0 fully saturated rings. The van der Waals surface area contributed by atoms with Gasteiger partial charge in [0.25, 0.3) is 0 Å². The summed E-state index contributed by atoms with van der Waals surface area (Å²) in [6.07, 6.45) is 1.97. The topological polar surface area (TPSA) is 12.0 Å². The lowest BCUT2D eigenvalue weighted by atomic mass is 10.3. The summed E-state index contributed by atoms with van der Waals surface area (Å²) in [4.78, 5) is 1.32. The van der Waals surface area contributed by atoms with Gasteiger partial charge >= 0.3 is 0 Å². The average molecular weight is 207 g/mol. The van der Waals surface area contributed by atoms with Crippen LogP contribution in [0.3, 0.4) is 0 Å². The van der Waals surface area contributed by atoms with E-state index in [1.54, 1.807) is 0 Å². The Balaban J connectivity index is 2.35. The van der Waals surface area contributed by atoms with Crippen LogP contribution in [0.2, 0.25) is 0 Å². The molecule has 1 nitrogen and oxygen atoms in total. The van der Waals surface area contributed by atoms with E-state index in [2.05, 4.69) is 43.1 Å². The second kappa shape index (κ2) is 6.68. The third kappa shape index (κ3) is 3.99. The lowest BCUT2D eigenvalue weighted by molar-refractivity contribution is 0.669. The van der Waals surface area contributed by atoms with E-state index in [0.29, 0.717) is 6.04 Å². The highest BCUT2D eigenvalue weighted by molar-refractivity contribution is 7.99. The molecule has 0 aliphatic rings. The lowest BCUT2D eigenvalue weighted by Crippen LogP contribution is -2.28.